The van der Waals surface area contributed by atoms with E-state index in [1.165, 1.54) is 0 Å². The van der Waals surface area contributed by atoms with Crippen molar-refractivity contribution in [1.82, 2.24) is 19.9 Å². The Balaban J connectivity index is 1.74. The summed E-state index contributed by atoms with van der Waals surface area (Å²) in [6, 6.07) is 3.88. The summed E-state index contributed by atoms with van der Waals surface area (Å²) in [6.07, 6.45) is 0.968. The molecule has 1 saturated heterocycles. The number of nitrogens with two attached hydrogens (primary N) is 1. The quantitative estimate of drug-likeness (QED) is 0.884. The third-order valence-corrected chi connectivity index (χ3v) is 3.57. The lowest BCUT2D eigenvalue weighted by Crippen LogP contribution is -2.11. The minimum absolute atomic E-state index is 0.272. The predicted molar refractivity (Wildman–Crippen MR) is 83.5 cm³/mol. The number of anilines is 2. The molecule has 7 nitrogen and oxygen atoms in total. The Morgan fingerprint density at radius 3 is 2.64 bits per heavy atom. The molecule has 0 unspecified atom stereocenters. The SMILES string of the molecule is Cc1cc(C)nc(CNc2cc([C@@H]3CCOC3)nc(N)n2)n1. The summed E-state index contributed by atoms with van der Waals surface area (Å²) in [4.78, 5) is 17.3. The van der Waals surface area contributed by atoms with Crippen LogP contribution in [0.25, 0.3) is 0 Å². The average Bonchev–Trinajstić information content (AvgIpc) is 2.98. The molecule has 0 amide bonds. The van der Waals surface area contributed by atoms with Gasteiger partial charge in [0.15, 0.2) is 0 Å². The van der Waals surface area contributed by atoms with Crippen LogP contribution in [-0.2, 0) is 11.3 Å². The van der Waals surface area contributed by atoms with Gasteiger partial charge in [-0.2, -0.15) is 4.98 Å². The highest BCUT2D eigenvalue weighted by molar-refractivity contribution is 5.41. The highest BCUT2D eigenvalue weighted by atomic mass is 16.5. The molecule has 2 aromatic rings. The first-order valence-corrected chi connectivity index (χ1v) is 7.37. The summed E-state index contributed by atoms with van der Waals surface area (Å²) in [6.45, 7) is 5.88. The van der Waals surface area contributed by atoms with Crippen LogP contribution in [0.3, 0.4) is 0 Å². The molecule has 0 spiro atoms. The molecule has 0 radical (unpaired) electrons. The van der Waals surface area contributed by atoms with Crippen molar-refractivity contribution in [2.75, 3.05) is 24.3 Å². The number of nitrogens with zero attached hydrogens (tertiary/aromatic N) is 4. The largest absolute Gasteiger partial charge is 0.381 e. The summed E-state index contributed by atoms with van der Waals surface area (Å²) < 4.78 is 5.41. The van der Waals surface area contributed by atoms with Gasteiger partial charge < -0.3 is 15.8 Å². The second kappa shape index (κ2) is 6.23. The summed E-state index contributed by atoms with van der Waals surface area (Å²) in [5.74, 6) is 1.99. The van der Waals surface area contributed by atoms with E-state index < -0.39 is 0 Å². The molecule has 0 aromatic carbocycles. The smallest absolute Gasteiger partial charge is 0.222 e. The lowest BCUT2D eigenvalue weighted by atomic mass is 10.0. The van der Waals surface area contributed by atoms with E-state index >= 15 is 0 Å². The van der Waals surface area contributed by atoms with Crippen molar-refractivity contribution in [2.45, 2.75) is 32.7 Å². The van der Waals surface area contributed by atoms with Crippen LogP contribution >= 0.6 is 0 Å². The fraction of sp³-hybridized carbons (Fsp3) is 0.467. The van der Waals surface area contributed by atoms with E-state index in [1.807, 2.05) is 26.0 Å². The maximum atomic E-state index is 5.81. The van der Waals surface area contributed by atoms with Gasteiger partial charge in [0, 0.05) is 30.0 Å². The standard InChI is InChI=1S/C15H20N6O/c1-9-5-10(2)19-14(18-9)7-17-13-6-12(20-15(16)21-13)11-3-4-22-8-11/h5-6,11H,3-4,7-8H2,1-2H3,(H3,16,17,20,21)/t11-/m1/s1. The molecule has 1 atom stereocenters. The third kappa shape index (κ3) is 3.48. The molecule has 3 N–H and O–H groups in total. The number of aromatic nitrogens is 4. The third-order valence-electron chi connectivity index (χ3n) is 3.57. The molecule has 0 saturated carbocycles. The first-order chi connectivity index (χ1) is 10.6. The molecular weight excluding hydrogens is 280 g/mol. The Morgan fingerprint density at radius 2 is 1.95 bits per heavy atom. The molecule has 3 heterocycles. The van der Waals surface area contributed by atoms with E-state index in [9.17, 15) is 0 Å². The molecule has 116 valence electrons. The topological polar surface area (TPSA) is 98.8 Å². The Morgan fingerprint density at radius 1 is 1.18 bits per heavy atom. The van der Waals surface area contributed by atoms with Crippen molar-refractivity contribution < 1.29 is 4.74 Å². The van der Waals surface area contributed by atoms with Crippen molar-refractivity contribution in [1.29, 1.82) is 0 Å². The van der Waals surface area contributed by atoms with E-state index in [0.29, 0.717) is 24.9 Å². The highest BCUT2D eigenvalue weighted by Crippen LogP contribution is 2.25. The zero-order valence-electron chi connectivity index (χ0n) is 12.8. The van der Waals surface area contributed by atoms with Crippen LogP contribution in [0.5, 0.6) is 0 Å². The number of ether oxygens (including phenoxy) is 1. The van der Waals surface area contributed by atoms with Gasteiger partial charge in [0.05, 0.1) is 18.8 Å². The summed E-state index contributed by atoms with van der Waals surface area (Å²) in [5.41, 5.74) is 8.64. The van der Waals surface area contributed by atoms with Gasteiger partial charge in [-0.05, 0) is 26.3 Å². The fourth-order valence-corrected chi connectivity index (χ4v) is 2.60. The summed E-state index contributed by atoms with van der Waals surface area (Å²) >= 11 is 0. The molecule has 3 rings (SSSR count). The van der Waals surface area contributed by atoms with E-state index in [2.05, 4.69) is 25.3 Å². The second-order valence-corrected chi connectivity index (χ2v) is 5.52. The average molecular weight is 300 g/mol. The zero-order valence-corrected chi connectivity index (χ0v) is 12.8. The van der Waals surface area contributed by atoms with Crippen molar-refractivity contribution in [3.63, 3.8) is 0 Å². The van der Waals surface area contributed by atoms with Crippen LogP contribution in [0.1, 0.15) is 35.2 Å². The molecule has 0 bridgehead atoms. The first kappa shape index (κ1) is 14.6. The number of rotatable bonds is 4. The zero-order chi connectivity index (χ0) is 15.5. The molecule has 7 heteroatoms. The van der Waals surface area contributed by atoms with E-state index in [0.717, 1.165) is 35.9 Å². The summed E-state index contributed by atoms with van der Waals surface area (Å²) in [7, 11) is 0. The number of hydrogen-bond donors (Lipinski definition) is 2. The molecule has 1 aliphatic rings. The van der Waals surface area contributed by atoms with Gasteiger partial charge in [-0.15, -0.1) is 0 Å². The van der Waals surface area contributed by atoms with Gasteiger partial charge >= 0.3 is 0 Å². The van der Waals surface area contributed by atoms with Crippen molar-refractivity contribution in [3.8, 4) is 0 Å². The lowest BCUT2D eigenvalue weighted by Gasteiger charge is -2.11. The Kier molecular flexibility index (Phi) is 4.15. The fourth-order valence-electron chi connectivity index (χ4n) is 2.60. The molecular formula is C15H20N6O. The van der Waals surface area contributed by atoms with Crippen molar-refractivity contribution >= 4 is 11.8 Å². The molecule has 0 aliphatic carbocycles. The van der Waals surface area contributed by atoms with Crippen LogP contribution in [-0.4, -0.2) is 33.1 Å². The lowest BCUT2D eigenvalue weighted by molar-refractivity contribution is 0.193. The van der Waals surface area contributed by atoms with Gasteiger partial charge in [-0.3, -0.25) is 0 Å². The first-order valence-electron chi connectivity index (χ1n) is 7.37. The Hall–Kier alpha value is -2.28. The van der Waals surface area contributed by atoms with Crippen LogP contribution < -0.4 is 11.1 Å². The van der Waals surface area contributed by atoms with Gasteiger partial charge in [0.1, 0.15) is 11.6 Å². The maximum Gasteiger partial charge on any atom is 0.222 e. The number of nitrogen functional groups attached to an aromatic ring is 1. The number of hydrogen-bond acceptors (Lipinski definition) is 7. The van der Waals surface area contributed by atoms with E-state index in [-0.39, 0.29) is 5.95 Å². The predicted octanol–water partition coefficient (Wildman–Crippen LogP) is 1.58. The second-order valence-electron chi connectivity index (χ2n) is 5.52. The molecule has 1 fully saturated rings. The minimum atomic E-state index is 0.272. The van der Waals surface area contributed by atoms with Gasteiger partial charge in [0.25, 0.3) is 0 Å². The van der Waals surface area contributed by atoms with Gasteiger partial charge in [-0.25, -0.2) is 15.0 Å². The van der Waals surface area contributed by atoms with Crippen LogP contribution in [0.2, 0.25) is 0 Å². The highest BCUT2D eigenvalue weighted by Gasteiger charge is 2.20. The minimum Gasteiger partial charge on any atom is -0.381 e. The normalized spacial score (nSPS) is 17.6. The van der Waals surface area contributed by atoms with E-state index in [4.69, 9.17) is 10.5 Å². The number of nitrogens with one attached hydrogen (secondary N) is 1. The Bertz CT molecular complexity index is 649. The van der Waals surface area contributed by atoms with Crippen LogP contribution in [0.15, 0.2) is 12.1 Å². The molecule has 22 heavy (non-hydrogen) atoms. The van der Waals surface area contributed by atoms with Crippen LogP contribution in [0, 0.1) is 13.8 Å². The van der Waals surface area contributed by atoms with Gasteiger partial charge in [0.2, 0.25) is 5.95 Å². The molecule has 1 aliphatic heterocycles. The maximum absolute atomic E-state index is 5.81. The molecule has 2 aromatic heterocycles. The van der Waals surface area contributed by atoms with Crippen molar-refractivity contribution in [2.24, 2.45) is 0 Å². The van der Waals surface area contributed by atoms with Gasteiger partial charge in [-0.1, -0.05) is 0 Å². The Labute approximate surface area is 129 Å². The number of aryl methyl sites for hydroxylation is 2. The van der Waals surface area contributed by atoms with Crippen molar-refractivity contribution in [3.05, 3.63) is 35.0 Å². The van der Waals surface area contributed by atoms with Crippen LogP contribution in [0.4, 0.5) is 11.8 Å². The monoisotopic (exact) mass is 300 g/mol. The summed E-state index contributed by atoms with van der Waals surface area (Å²) in [5, 5.41) is 3.22. The van der Waals surface area contributed by atoms with E-state index in [1.54, 1.807) is 0 Å².